The Labute approximate surface area is 188 Å². The van der Waals surface area contributed by atoms with Crippen LogP contribution >= 0.6 is 0 Å². The van der Waals surface area contributed by atoms with Gasteiger partial charge in [-0.05, 0) is 36.5 Å². The average molecular weight is 439 g/mol. The van der Waals surface area contributed by atoms with Crippen molar-refractivity contribution in [3.05, 3.63) is 58.7 Å². The van der Waals surface area contributed by atoms with Gasteiger partial charge in [-0.25, -0.2) is 9.97 Å². The van der Waals surface area contributed by atoms with Crippen LogP contribution in [-0.2, 0) is 16.6 Å². The van der Waals surface area contributed by atoms with Crippen LogP contribution < -0.4 is 10.2 Å². The number of nitrogens with one attached hydrogen (secondary N) is 1. The maximum atomic E-state index is 12.2. The lowest BCUT2D eigenvalue weighted by atomic mass is 9.87. The van der Waals surface area contributed by atoms with Crippen molar-refractivity contribution in [2.24, 2.45) is 0 Å². The number of amides is 1. The van der Waals surface area contributed by atoms with Crippen LogP contribution in [0.1, 0.15) is 54.8 Å². The molecule has 0 fully saturated rings. The number of anilines is 1. The van der Waals surface area contributed by atoms with E-state index < -0.39 is 18.4 Å². The van der Waals surface area contributed by atoms with Gasteiger partial charge in [-0.3, -0.25) is 9.59 Å². The summed E-state index contributed by atoms with van der Waals surface area (Å²) in [6.45, 7) is 9.28. The van der Waals surface area contributed by atoms with Crippen molar-refractivity contribution in [1.29, 1.82) is 0 Å². The Morgan fingerprint density at radius 2 is 1.84 bits per heavy atom. The Kier molecular flexibility index (Phi) is 6.81. The highest BCUT2D eigenvalue weighted by Crippen LogP contribution is 2.27. The maximum Gasteiger partial charge on any atom is 0.322 e. The Hall–Kier alpha value is -3.42. The number of carbonyl (C=O) groups excluding carboxylic acids is 1. The van der Waals surface area contributed by atoms with Crippen LogP contribution in [0.2, 0.25) is 0 Å². The third-order valence-electron chi connectivity index (χ3n) is 5.51. The van der Waals surface area contributed by atoms with E-state index in [-0.39, 0.29) is 22.6 Å². The molecule has 1 aliphatic heterocycles. The van der Waals surface area contributed by atoms with Crippen LogP contribution in [0.5, 0.6) is 5.75 Å². The number of benzene rings is 1. The van der Waals surface area contributed by atoms with E-state index in [9.17, 15) is 14.7 Å². The van der Waals surface area contributed by atoms with E-state index in [1.165, 1.54) is 11.3 Å². The standard InChI is InChI=1S/C24H30N4O4/c1-15-22(31)21(23(32)25-14-20(29)30)27-19(26-15)13-16-9-11-28(12-10-16)18-7-5-17(6-8-18)24(2,3)4/h5-9,31H,10-14H2,1-4H3,(H,25,32)(H,29,30). The summed E-state index contributed by atoms with van der Waals surface area (Å²) in [4.78, 5) is 33.7. The van der Waals surface area contributed by atoms with Crippen molar-refractivity contribution < 1.29 is 19.8 Å². The quantitative estimate of drug-likeness (QED) is 0.594. The van der Waals surface area contributed by atoms with Crippen LogP contribution in [0.15, 0.2) is 35.9 Å². The molecule has 2 aromatic rings. The van der Waals surface area contributed by atoms with Crippen molar-refractivity contribution in [2.45, 2.75) is 46.0 Å². The van der Waals surface area contributed by atoms with Crippen LogP contribution in [0.4, 0.5) is 5.69 Å². The first-order chi connectivity index (χ1) is 15.0. The number of aryl methyl sites for hydroxylation is 1. The molecule has 170 valence electrons. The Morgan fingerprint density at radius 3 is 2.41 bits per heavy atom. The lowest BCUT2D eigenvalue weighted by molar-refractivity contribution is -0.135. The first-order valence-corrected chi connectivity index (χ1v) is 10.6. The third-order valence-corrected chi connectivity index (χ3v) is 5.51. The fourth-order valence-electron chi connectivity index (χ4n) is 3.58. The molecule has 32 heavy (non-hydrogen) atoms. The molecule has 0 saturated heterocycles. The van der Waals surface area contributed by atoms with E-state index >= 15 is 0 Å². The smallest absolute Gasteiger partial charge is 0.322 e. The molecule has 0 spiro atoms. The van der Waals surface area contributed by atoms with Gasteiger partial charge in [-0.15, -0.1) is 0 Å². The van der Waals surface area contributed by atoms with Crippen LogP contribution in [-0.4, -0.2) is 51.7 Å². The van der Waals surface area contributed by atoms with Crippen molar-refractivity contribution in [1.82, 2.24) is 15.3 Å². The predicted octanol–water partition coefficient (Wildman–Crippen LogP) is 2.98. The number of carbonyl (C=O) groups is 2. The molecule has 8 nitrogen and oxygen atoms in total. The molecule has 3 N–H and O–H groups in total. The summed E-state index contributed by atoms with van der Waals surface area (Å²) in [5.41, 5.74) is 3.85. The van der Waals surface area contributed by atoms with Gasteiger partial charge in [0.15, 0.2) is 11.4 Å². The summed E-state index contributed by atoms with van der Waals surface area (Å²) in [5, 5.41) is 21.1. The van der Waals surface area contributed by atoms with Gasteiger partial charge >= 0.3 is 5.97 Å². The van der Waals surface area contributed by atoms with Gasteiger partial charge in [0.25, 0.3) is 5.91 Å². The van der Waals surface area contributed by atoms with Gasteiger partial charge in [-0.2, -0.15) is 0 Å². The summed E-state index contributed by atoms with van der Waals surface area (Å²) in [7, 11) is 0. The molecule has 1 aromatic heterocycles. The fraction of sp³-hybridized carbons (Fsp3) is 0.417. The Balaban J connectivity index is 1.69. The number of aromatic hydroxyl groups is 1. The van der Waals surface area contributed by atoms with E-state index in [0.29, 0.717) is 12.2 Å². The predicted molar refractivity (Wildman–Crippen MR) is 122 cm³/mol. The molecule has 3 rings (SSSR count). The van der Waals surface area contributed by atoms with Crippen molar-refractivity contribution in [2.75, 3.05) is 24.5 Å². The number of carboxylic acid groups (broad SMARTS) is 1. The SMILES string of the molecule is Cc1nc(CC2=CCN(c3ccc(C(C)(C)C)cc3)CC2)nc(C(=O)NCC(=O)O)c1O. The second-order valence-corrected chi connectivity index (χ2v) is 9.03. The van der Waals surface area contributed by atoms with E-state index in [2.05, 4.69) is 71.3 Å². The normalized spacial score (nSPS) is 14.1. The number of carboxylic acids is 1. The summed E-state index contributed by atoms with van der Waals surface area (Å²) >= 11 is 0. The molecule has 1 amide bonds. The Bertz CT molecular complexity index is 1040. The van der Waals surface area contributed by atoms with Crippen LogP contribution in [0.3, 0.4) is 0 Å². The highest BCUT2D eigenvalue weighted by Gasteiger charge is 2.20. The van der Waals surface area contributed by atoms with Crippen molar-refractivity contribution >= 4 is 17.6 Å². The van der Waals surface area contributed by atoms with Gasteiger partial charge < -0.3 is 20.4 Å². The topological polar surface area (TPSA) is 116 Å². The summed E-state index contributed by atoms with van der Waals surface area (Å²) in [5.74, 6) is -1.82. The van der Waals surface area contributed by atoms with E-state index in [0.717, 1.165) is 25.1 Å². The minimum atomic E-state index is -1.17. The fourth-order valence-corrected chi connectivity index (χ4v) is 3.58. The number of hydrogen-bond donors (Lipinski definition) is 3. The number of aliphatic carboxylic acids is 1. The monoisotopic (exact) mass is 438 g/mol. The zero-order valence-electron chi connectivity index (χ0n) is 19.0. The zero-order chi connectivity index (χ0) is 23.5. The molecule has 1 aromatic carbocycles. The minimum absolute atomic E-state index is 0.124. The Morgan fingerprint density at radius 1 is 1.16 bits per heavy atom. The molecular weight excluding hydrogens is 408 g/mol. The third kappa shape index (κ3) is 5.63. The second kappa shape index (κ2) is 9.38. The lowest BCUT2D eigenvalue weighted by Gasteiger charge is -2.29. The molecule has 1 aliphatic rings. The van der Waals surface area contributed by atoms with Crippen LogP contribution in [0.25, 0.3) is 0 Å². The molecule has 0 atom stereocenters. The second-order valence-electron chi connectivity index (χ2n) is 9.03. The first kappa shape index (κ1) is 23.2. The highest BCUT2D eigenvalue weighted by atomic mass is 16.4. The summed E-state index contributed by atoms with van der Waals surface area (Å²) in [6, 6.07) is 8.68. The van der Waals surface area contributed by atoms with Gasteiger partial charge in [0, 0.05) is 25.2 Å². The zero-order valence-corrected chi connectivity index (χ0v) is 19.0. The number of rotatable bonds is 6. The van der Waals surface area contributed by atoms with E-state index in [4.69, 9.17) is 5.11 Å². The largest absolute Gasteiger partial charge is 0.504 e. The van der Waals surface area contributed by atoms with Gasteiger partial charge in [0.2, 0.25) is 0 Å². The number of nitrogens with zero attached hydrogens (tertiary/aromatic N) is 3. The molecule has 0 radical (unpaired) electrons. The minimum Gasteiger partial charge on any atom is -0.504 e. The molecule has 0 aliphatic carbocycles. The van der Waals surface area contributed by atoms with Gasteiger partial charge in [-0.1, -0.05) is 44.6 Å². The molecule has 0 bridgehead atoms. The molecule has 0 saturated carbocycles. The molecule has 2 heterocycles. The summed E-state index contributed by atoms with van der Waals surface area (Å²) < 4.78 is 0. The molecule has 0 unspecified atom stereocenters. The van der Waals surface area contributed by atoms with Gasteiger partial charge in [0.1, 0.15) is 12.4 Å². The average Bonchev–Trinajstić information content (AvgIpc) is 2.74. The van der Waals surface area contributed by atoms with Gasteiger partial charge in [0.05, 0.1) is 5.69 Å². The lowest BCUT2D eigenvalue weighted by Crippen LogP contribution is -2.31. The molecular formula is C24H30N4O4. The maximum absolute atomic E-state index is 12.2. The van der Waals surface area contributed by atoms with E-state index in [1.54, 1.807) is 6.92 Å². The first-order valence-electron chi connectivity index (χ1n) is 10.6. The number of aromatic nitrogens is 2. The van der Waals surface area contributed by atoms with Crippen LogP contribution in [0, 0.1) is 6.92 Å². The summed E-state index contributed by atoms with van der Waals surface area (Å²) in [6.07, 6.45) is 3.46. The van der Waals surface area contributed by atoms with Crippen molar-refractivity contribution in [3.63, 3.8) is 0 Å². The number of hydrogen-bond acceptors (Lipinski definition) is 6. The van der Waals surface area contributed by atoms with Crippen molar-refractivity contribution in [3.8, 4) is 5.75 Å². The highest BCUT2D eigenvalue weighted by molar-refractivity contribution is 5.96. The van der Waals surface area contributed by atoms with E-state index in [1.807, 2.05) is 0 Å². The molecule has 8 heteroatoms.